The summed E-state index contributed by atoms with van der Waals surface area (Å²) >= 11 is 0.927. The number of methoxy groups -OCH3 is 2. The van der Waals surface area contributed by atoms with Crippen molar-refractivity contribution >= 4 is 34.5 Å². The molecule has 0 radical (unpaired) electrons. The van der Waals surface area contributed by atoms with Gasteiger partial charge in [0, 0.05) is 13.0 Å². The van der Waals surface area contributed by atoms with Crippen LogP contribution in [0.5, 0.6) is 11.5 Å². The van der Waals surface area contributed by atoms with Crippen LogP contribution >= 0.6 is 11.8 Å². The van der Waals surface area contributed by atoms with Crippen LogP contribution in [-0.4, -0.2) is 48.0 Å². The lowest BCUT2D eigenvalue weighted by Gasteiger charge is -2.32. The number of nitrogens with zero attached hydrogens (tertiary/aromatic N) is 2. The number of carbonyl (C=O) groups is 2. The van der Waals surface area contributed by atoms with Crippen molar-refractivity contribution in [2.75, 3.05) is 20.8 Å². The van der Waals surface area contributed by atoms with Gasteiger partial charge in [-0.1, -0.05) is 23.9 Å². The zero-order valence-electron chi connectivity index (χ0n) is 16.5. The van der Waals surface area contributed by atoms with Gasteiger partial charge < -0.3 is 19.4 Å². The molecule has 158 valence electrons. The van der Waals surface area contributed by atoms with Gasteiger partial charge in [-0.05, 0) is 42.3 Å². The van der Waals surface area contributed by atoms with Crippen LogP contribution < -0.4 is 14.6 Å². The monoisotopic (exact) mass is 431 g/mol. The van der Waals surface area contributed by atoms with Crippen LogP contribution in [0.2, 0.25) is 0 Å². The van der Waals surface area contributed by atoms with E-state index in [1.54, 1.807) is 19.2 Å². The van der Waals surface area contributed by atoms with Crippen molar-refractivity contribution < 1.29 is 28.6 Å². The van der Waals surface area contributed by atoms with E-state index in [4.69, 9.17) is 9.47 Å². The van der Waals surface area contributed by atoms with Crippen molar-refractivity contribution in [2.24, 2.45) is 4.99 Å². The molecule has 1 aliphatic rings. The topological polar surface area (TPSA) is 91.3 Å². The van der Waals surface area contributed by atoms with Crippen LogP contribution in [0, 0.1) is 5.82 Å². The minimum Gasteiger partial charge on any atom is -0.549 e. The first-order valence-electron chi connectivity index (χ1n) is 9.14. The Morgan fingerprint density at radius 2 is 2.00 bits per heavy atom. The number of aliphatic imine (C=N–C) groups is 1. The molecule has 0 saturated carbocycles. The van der Waals surface area contributed by atoms with Crippen LogP contribution in [0.15, 0.2) is 47.5 Å². The third kappa shape index (κ3) is 5.10. The number of benzene rings is 2. The Labute approximate surface area is 177 Å². The SMILES string of the molecule is COc1ccc(CCN2C(=O)C[C@H](C(=O)[O-])SC2=Nc2cccc(F)c2)cc1OC. The minimum atomic E-state index is -1.33. The summed E-state index contributed by atoms with van der Waals surface area (Å²) in [4.78, 5) is 29.7. The van der Waals surface area contributed by atoms with E-state index in [2.05, 4.69) is 4.99 Å². The third-order valence-electron chi connectivity index (χ3n) is 4.51. The molecule has 7 nitrogen and oxygen atoms in total. The number of halogens is 1. The van der Waals surface area contributed by atoms with Crippen LogP contribution in [0.3, 0.4) is 0 Å². The molecule has 1 amide bonds. The first kappa shape index (κ1) is 21.6. The molecule has 0 aliphatic carbocycles. The number of amides is 1. The number of hydrogen-bond donors (Lipinski definition) is 0. The van der Waals surface area contributed by atoms with E-state index in [0.29, 0.717) is 23.6 Å². The Balaban J connectivity index is 1.84. The second kappa shape index (κ2) is 9.62. The molecule has 1 saturated heterocycles. The number of rotatable bonds is 7. The zero-order valence-corrected chi connectivity index (χ0v) is 17.3. The van der Waals surface area contributed by atoms with Crippen LogP contribution in [-0.2, 0) is 16.0 Å². The summed E-state index contributed by atoms with van der Waals surface area (Å²) in [6.45, 7) is 0.273. The highest BCUT2D eigenvalue weighted by atomic mass is 32.2. The lowest BCUT2D eigenvalue weighted by molar-refractivity contribution is -0.304. The van der Waals surface area contributed by atoms with Gasteiger partial charge in [0.25, 0.3) is 0 Å². The summed E-state index contributed by atoms with van der Waals surface area (Å²) in [7, 11) is 3.08. The Morgan fingerprint density at radius 3 is 2.67 bits per heavy atom. The highest BCUT2D eigenvalue weighted by Gasteiger charge is 2.32. The van der Waals surface area contributed by atoms with Crippen molar-refractivity contribution in [3.63, 3.8) is 0 Å². The van der Waals surface area contributed by atoms with Crippen molar-refractivity contribution in [1.29, 1.82) is 0 Å². The highest BCUT2D eigenvalue weighted by Crippen LogP contribution is 2.30. The van der Waals surface area contributed by atoms with E-state index in [9.17, 15) is 19.1 Å². The number of carboxylic acids is 1. The maximum atomic E-state index is 13.5. The molecule has 1 aliphatic heterocycles. The van der Waals surface area contributed by atoms with Gasteiger partial charge in [0.2, 0.25) is 5.91 Å². The Bertz CT molecular complexity index is 982. The van der Waals surface area contributed by atoms with E-state index in [-0.39, 0.29) is 24.0 Å². The molecule has 2 aromatic carbocycles. The molecule has 0 aromatic heterocycles. The maximum absolute atomic E-state index is 13.5. The fourth-order valence-corrected chi connectivity index (χ4v) is 4.03. The minimum absolute atomic E-state index is 0.193. The summed E-state index contributed by atoms with van der Waals surface area (Å²) in [5.41, 5.74) is 1.19. The fraction of sp³-hybridized carbons (Fsp3) is 0.286. The van der Waals surface area contributed by atoms with Gasteiger partial charge in [0.15, 0.2) is 16.7 Å². The standard InChI is InChI=1S/C21H21FN2O5S/c1-28-16-7-6-13(10-17(16)29-2)8-9-24-19(25)12-18(20(26)27)30-21(24)23-15-5-3-4-14(22)11-15/h3-7,10-11,18H,8-9,12H2,1-2H3,(H,26,27)/p-1/t18-/m1/s1. The molecule has 3 rings (SSSR count). The van der Waals surface area contributed by atoms with E-state index in [1.165, 1.54) is 30.2 Å². The first-order valence-corrected chi connectivity index (χ1v) is 10.0. The van der Waals surface area contributed by atoms with Gasteiger partial charge in [0.05, 0.1) is 31.1 Å². The second-order valence-electron chi connectivity index (χ2n) is 6.49. The third-order valence-corrected chi connectivity index (χ3v) is 5.67. The van der Waals surface area contributed by atoms with E-state index in [1.807, 2.05) is 12.1 Å². The molecular weight excluding hydrogens is 411 g/mol. The molecular formula is C21H20FN2O5S-. The smallest absolute Gasteiger partial charge is 0.230 e. The zero-order chi connectivity index (χ0) is 21.7. The van der Waals surface area contributed by atoms with Crippen LogP contribution in [0.4, 0.5) is 10.1 Å². The Hall–Kier alpha value is -3.07. The lowest BCUT2D eigenvalue weighted by atomic mass is 10.1. The summed E-state index contributed by atoms with van der Waals surface area (Å²) in [6, 6.07) is 11.0. The molecule has 0 unspecified atom stereocenters. The van der Waals surface area contributed by atoms with E-state index < -0.39 is 17.0 Å². The molecule has 0 spiro atoms. The molecule has 1 heterocycles. The van der Waals surface area contributed by atoms with Crippen LogP contribution in [0.25, 0.3) is 0 Å². The van der Waals surface area contributed by atoms with Crippen molar-refractivity contribution in [1.82, 2.24) is 4.90 Å². The number of carbonyl (C=O) groups excluding carboxylic acids is 2. The van der Waals surface area contributed by atoms with Crippen molar-refractivity contribution in [2.45, 2.75) is 18.1 Å². The molecule has 30 heavy (non-hydrogen) atoms. The number of thioether (sulfide) groups is 1. The van der Waals surface area contributed by atoms with Gasteiger partial charge in [-0.2, -0.15) is 0 Å². The van der Waals surface area contributed by atoms with Crippen molar-refractivity contribution in [3.05, 3.63) is 53.8 Å². The number of amidine groups is 1. The Morgan fingerprint density at radius 1 is 1.23 bits per heavy atom. The van der Waals surface area contributed by atoms with Gasteiger partial charge in [-0.15, -0.1) is 0 Å². The second-order valence-corrected chi connectivity index (χ2v) is 7.66. The number of ether oxygens (including phenoxy) is 2. The number of aliphatic carboxylic acids is 1. The molecule has 1 fully saturated rings. The van der Waals surface area contributed by atoms with Gasteiger partial charge >= 0.3 is 0 Å². The average molecular weight is 431 g/mol. The van der Waals surface area contributed by atoms with E-state index >= 15 is 0 Å². The van der Waals surface area contributed by atoms with E-state index in [0.717, 1.165) is 17.3 Å². The molecule has 2 aromatic rings. The molecule has 0 N–H and O–H groups in total. The highest BCUT2D eigenvalue weighted by molar-refractivity contribution is 8.15. The van der Waals surface area contributed by atoms with Crippen molar-refractivity contribution in [3.8, 4) is 11.5 Å². The Kier molecular flexibility index (Phi) is 6.94. The predicted molar refractivity (Wildman–Crippen MR) is 109 cm³/mol. The number of hydrogen-bond acceptors (Lipinski definition) is 7. The number of carboxylic acid groups (broad SMARTS) is 1. The average Bonchev–Trinajstić information content (AvgIpc) is 2.72. The summed E-state index contributed by atoms with van der Waals surface area (Å²) in [6.07, 6.45) is 0.284. The normalized spacial score (nSPS) is 17.8. The maximum Gasteiger partial charge on any atom is 0.230 e. The first-order chi connectivity index (χ1) is 14.4. The van der Waals surface area contributed by atoms with Gasteiger partial charge in [-0.25, -0.2) is 9.38 Å². The summed E-state index contributed by atoms with van der Waals surface area (Å²) in [5.74, 6) is -1.02. The summed E-state index contributed by atoms with van der Waals surface area (Å²) in [5, 5.41) is 10.5. The fourth-order valence-electron chi connectivity index (χ4n) is 2.98. The van der Waals surface area contributed by atoms with Crippen LogP contribution in [0.1, 0.15) is 12.0 Å². The van der Waals surface area contributed by atoms with Gasteiger partial charge in [0.1, 0.15) is 5.82 Å². The van der Waals surface area contributed by atoms with Gasteiger partial charge in [-0.3, -0.25) is 9.69 Å². The predicted octanol–water partition coefficient (Wildman–Crippen LogP) is 2.16. The quantitative estimate of drug-likeness (QED) is 0.667. The largest absolute Gasteiger partial charge is 0.549 e. The molecule has 9 heteroatoms. The lowest BCUT2D eigenvalue weighted by Crippen LogP contribution is -2.48. The molecule has 1 atom stereocenters. The summed E-state index contributed by atoms with van der Waals surface area (Å²) < 4.78 is 24.0. The molecule has 0 bridgehead atoms.